The number of carbonyl (C=O) groups excluding carboxylic acids is 3. The molecular weight excluding hydrogens is 466 g/mol. The Hall–Kier alpha value is -3.37. The van der Waals surface area contributed by atoms with E-state index in [4.69, 9.17) is 16.0 Å². The number of piperazine rings is 1. The molecule has 1 saturated heterocycles. The van der Waals surface area contributed by atoms with Gasteiger partial charge in [0.05, 0.1) is 18.4 Å². The molecule has 2 aromatic heterocycles. The molecule has 1 aliphatic rings. The number of aromatic nitrogens is 1. The maximum Gasteiger partial charge on any atom is 0.321 e. The summed E-state index contributed by atoms with van der Waals surface area (Å²) in [5, 5.41) is 8.23. The van der Waals surface area contributed by atoms with Crippen LogP contribution in [-0.4, -0.2) is 58.8 Å². The van der Waals surface area contributed by atoms with Crippen molar-refractivity contribution >= 4 is 51.6 Å². The van der Waals surface area contributed by atoms with Gasteiger partial charge in [0.25, 0.3) is 5.91 Å². The molecule has 0 radical (unpaired) electrons. The van der Waals surface area contributed by atoms with Crippen molar-refractivity contribution in [2.24, 2.45) is 0 Å². The van der Waals surface area contributed by atoms with Crippen molar-refractivity contribution in [1.82, 2.24) is 14.8 Å². The number of amides is 4. The number of rotatable bonds is 5. The number of anilines is 2. The van der Waals surface area contributed by atoms with Crippen LogP contribution in [0, 0.1) is 6.92 Å². The van der Waals surface area contributed by atoms with Gasteiger partial charge < -0.3 is 19.5 Å². The Morgan fingerprint density at radius 2 is 1.88 bits per heavy atom. The highest BCUT2D eigenvalue weighted by Gasteiger charge is 2.25. The van der Waals surface area contributed by atoms with E-state index in [9.17, 15) is 14.4 Å². The lowest BCUT2D eigenvalue weighted by molar-refractivity contribution is -0.131. The average molecular weight is 488 g/mol. The van der Waals surface area contributed by atoms with Crippen LogP contribution in [0.1, 0.15) is 21.8 Å². The van der Waals surface area contributed by atoms with E-state index in [2.05, 4.69) is 15.6 Å². The van der Waals surface area contributed by atoms with Crippen molar-refractivity contribution in [2.45, 2.75) is 13.3 Å². The Bertz CT molecular complexity index is 1160. The quantitative estimate of drug-likeness (QED) is 0.568. The molecule has 4 rings (SSSR count). The molecule has 9 nitrogen and oxygen atoms in total. The summed E-state index contributed by atoms with van der Waals surface area (Å²) in [6, 6.07) is 8.33. The number of thiazole rings is 1. The summed E-state index contributed by atoms with van der Waals surface area (Å²) in [7, 11) is 0. The number of aryl methyl sites for hydroxylation is 1. The third kappa shape index (κ3) is 5.71. The van der Waals surface area contributed by atoms with Gasteiger partial charge in [-0.2, -0.15) is 0 Å². The minimum absolute atomic E-state index is 0.0745. The number of urea groups is 1. The van der Waals surface area contributed by atoms with E-state index in [1.165, 1.54) is 17.6 Å². The number of hydrogen-bond acceptors (Lipinski definition) is 6. The first-order chi connectivity index (χ1) is 15.9. The molecule has 172 valence electrons. The van der Waals surface area contributed by atoms with Crippen molar-refractivity contribution in [2.75, 3.05) is 36.8 Å². The van der Waals surface area contributed by atoms with Crippen LogP contribution in [0.4, 0.5) is 15.6 Å². The number of furan rings is 1. The van der Waals surface area contributed by atoms with Crippen molar-refractivity contribution < 1.29 is 18.8 Å². The molecule has 1 fully saturated rings. The van der Waals surface area contributed by atoms with Crippen LogP contribution in [0.25, 0.3) is 0 Å². The van der Waals surface area contributed by atoms with E-state index >= 15 is 0 Å². The van der Waals surface area contributed by atoms with Crippen LogP contribution < -0.4 is 10.6 Å². The minimum Gasteiger partial charge on any atom is -0.459 e. The molecule has 0 saturated carbocycles. The standard InChI is InChI=1S/C22H22ClN5O4S/c1-14-4-5-15(11-17(14)23)25-22(31)28-8-6-27(7-9-28)19(29)12-16-13-33-21(24-16)26-20(30)18-3-2-10-32-18/h2-5,10-11,13H,6-9,12H2,1H3,(H,25,31)(H,24,26,30). The Labute approximate surface area is 199 Å². The van der Waals surface area contributed by atoms with Crippen LogP contribution >= 0.6 is 22.9 Å². The predicted octanol–water partition coefficient (Wildman–Crippen LogP) is 3.87. The molecule has 0 atom stereocenters. The van der Waals surface area contributed by atoms with Crippen LogP contribution in [0.3, 0.4) is 0 Å². The lowest BCUT2D eigenvalue weighted by Gasteiger charge is -2.34. The van der Waals surface area contributed by atoms with Crippen LogP contribution in [-0.2, 0) is 11.2 Å². The third-order valence-corrected chi connectivity index (χ3v) is 6.41. The van der Waals surface area contributed by atoms with Gasteiger partial charge in [-0.3, -0.25) is 14.9 Å². The first-order valence-electron chi connectivity index (χ1n) is 10.3. The van der Waals surface area contributed by atoms with Crippen LogP contribution in [0.5, 0.6) is 0 Å². The number of halogens is 1. The molecule has 4 amide bonds. The highest BCUT2D eigenvalue weighted by atomic mass is 35.5. The molecular formula is C22H22ClN5O4S. The summed E-state index contributed by atoms with van der Waals surface area (Å²) in [5.74, 6) is -0.278. The number of hydrogen-bond donors (Lipinski definition) is 2. The molecule has 3 heterocycles. The second-order valence-corrected chi connectivity index (χ2v) is 8.78. The molecule has 11 heteroatoms. The van der Waals surface area contributed by atoms with Gasteiger partial charge in [-0.25, -0.2) is 9.78 Å². The van der Waals surface area contributed by atoms with Crippen LogP contribution in [0.15, 0.2) is 46.4 Å². The maximum atomic E-state index is 12.7. The zero-order chi connectivity index (χ0) is 23.4. The molecule has 0 spiro atoms. The summed E-state index contributed by atoms with van der Waals surface area (Å²) in [6.45, 7) is 3.63. The highest BCUT2D eigenvalue weighted by molar-refractivity contribution is 7.14. The van der Waals surface area contributed by atoms with Crippen molar-refractivity contribution in [3.05, 3.63) is 64.0 Å². The zero-order valence-corrected chi connectivity index (χ0v) is 19.4. The first-order valence-corrected chi connectivity index (χ1v) is 11.5. The lowest BCUT2D eigenvalue weighted by atomic mass is 10.2. The topological polar surface area (TPSA) is 108 Å². The average Bonchev–Trinajstić information content (AvgIpc) is 3.49. The smallest absolute Gasteiger partial charge is 0.321 e. The van der Waals surface area contributed by atoms with Gasteiger partial charge in [-0.05, 0) is 36.8 Å². The maximum absolute atomic E-state index is 12.7. The number of nitrogens with zero attached hydrogens (tertiary/aromatic N) is 3. The molecule has 0 aliphatic carbocycles. The predicted molar refractivity (Wildman–Crippen MR) is 126 cm³/mol. The van der Waals surface area contributed by atoms with Gasteiger partial charge in [0.2, 0.25) is 5.91 Å². The summed E-state index contributed by atoms with van der Waals surface area (Å²) in [6.07, 6.45) is 1.55. The molecule has 3 aromatic rings. The molecule has 1 aliphatic heterocycles. The van der Waals surface area contributed by atoms with Crippen molar-refractivity contribution in [3.8, 4) is 0 Å². The molecule has 1 aromatic carbocycles. The summed E-state index contributed by atoms with van der Waals surface area (Å²) >= 11 is 7.36. The SMILES string of the molecule is Cc1ccc(NC(=O)N2CCN(C(=O)Cc3csc(NC(=O)c4ccco4)n3)CC2)cc1Cl. The number of nitrogens with one attached hydrogen (secondary N) is 2. The fourth-order valence-electron chi connectivity index (χ4n) is 3.31. The van der Waals surface area contributed by atoms with Gasteiger partial charge >= 0.3 is 6.03 Å². The van der Waals surface area contributed by atoms with Crippen LogP contribution in [0.2, 0.25) is 5.02 Å². The van der Waals surface area contributed by atoms with Crippen molar-refractivity contribution in [3.63, 3.8) is 0 Å². The fourth-order valence-corrected chi connectivity index (χ4v) is 4.20. The van der Waals surface area contributed by atoms with E-state index in [0.717, 1.165) is 5.56 Å². The van der Waals surface area contributed by atoms with Gasteiger partial charge in [0, 0.05) is 42.3 Å². The number of carbonyl (C=O) groups is 3. The largest absolute Gasteiger partial charge is 0.459 e. The van der Waals surface area contributed by atoms with Gasteiger partial charge in [0.1, 0.15) is 0 Å². The monoisotopic (exact) mass is 487 g/mol. The first kappa shape index (κ1) is 22.8. The summed E-state index contributed by atoms with van der Waals surface area (Å²) < 4.78 is 5.05. The van der Waals surface area contributed by atoms with E-state index in [1.807, 2.05) is 13.0 Å². The number of benzene rings is 1. The second kappa shape index (κ2) is 10.1. The molecule has 0 unspecified atom stereocenters. The Morgan fingerprint density at radius 3 is 2.58 bits per heavy atom. The Balaban J connectivity index is 1.24. The van der Waals surface area contributed by atoms with Crippen molar-refractivity contribution in [1.29, 1.82) is 0 Å². The third-order valence-electron chi connectivity index (χ3n) is 5.19. The molecule has 2 N–H and O–H groups in total. The van der Waals surface area contributed by atoms with Gasteiger partial charge in [-0.1, -0.05) is 17.7 Å². The minimum atomic E-state index is -0.394. The molecule has 33 heavy (non-hydrogen) atoms. The zero-order valence-electron chi connectivity index (χ0n) is 17.8. The van der Waals surface area contributed by atoms with E-state index in [1.54, 1.807) is 39.4 Å². The highest BCUT2D eigenvalue weighted by Crippen LogP contribution is 2.21. The summed E-state index contributed by atoms with van der Waals surface area (Å²) in [5.41, 5.74) is 2.15. The molecule has 0 bridgehead atoms. The Morgan fingerprint density at radius 1 is 1.12 bits per heavy atom. The normalized spacial score (nSPS) is 13.6. The lowest BCUT2D eigenvalue weighted by Crippen LogP contribution is -2.52. The van der Waals surface area contributed by atoms with Gasteiger partial charge in [-0.15, -0.1) is 11.3 Å². The van der Waals surface area contributed by atoms with Gasteiger partial charge in [0.15, 0.2) is 10.9 Å². The second-order valence-electron chi connectivity index (χ2n) is 7.51. The van der Waals surface area contributed by atoms with E-state index < -0.39 is 5.91 Å². The summed E-state index contributed by atoms with van der Waals surface area (Å²) in [4.78, 5) is 44.9. The van der Waals surface area contributed by atoms with E-state index in [0.29, 0.717) is 47.7 Å². The fraction of sp³-hybridized carbons (Fsp3) is 0.273. The Kier molecular flexibility index (Phi) is 6.95. The van der Waals surface area contributed by atoms with E-state index in [-0.39, 0.29) is 24.1 Å².